The van der Waals surface area contributed by atoms with Gasteiger partial charge in [0.2, 0.25) is 6.10 Å². The van der Waals surface area contributed by atoms with Gasteiger partial charge in [-0.25, -0.2) is 0 Å². The summed E-state index contributed by atoms with van der Waals surface area (Å²) >= 11 is 6.48. The lowest BCUT2D eigenvalue weighted by Gasteiger charge is -2.26. The third kappa shape index (κ3) is 13.7. The average molecular weight is 439 g/mol. The second-order valence-corrected chi connectivity index (χ2v) is 7.19. The van der Waals surface area contributed by atoms with Crippen molar-refractivity contribution in [2.24, 2.45) is 0 Å². The number of carbonyl (C=O) groups is 3. The van der Waals surface area contributed by atoms with Crippen molar-refractivity contribution in [2.75, 3.05) is 0 Å². The molecular formula is C23H31ClO6. The van der Waals surface area contributed by atoms with E-state index in [4.69, 9.17) is 25.8 Å². The summed E-state index contributed by atoms with van der Waals surface area (Å²) in [5.74, 6) is 8.71. The molecule has 0 spiro atoms. The highest BCUT2D eigenvalue weighted by Crippen LogP contribution is 2.21. The van der Waals surface area contributed by atoms with E-state index in [-0.39, 0.29) is 0 Å². The summed E-state index contributed by atoms with van der Waals surface area (Å²) in [6, 6.07) is 0. The van der Waals surface area contributed by atoms with Crippen molar-refractivity contribution in [3.63, 3.8) is 0 Å². The lowest BCUT2D eigenvalue weighted by molar-refractivity contribution is -0.161. The molecule has 0 rings (SSSR count). The molecule has 0 radical (unpaired) electrons. The maximum atomic E-state index is 11.6. The van der Waals surface area contributed by atoms with E-state index >= 15 is 0 Å². The van der Waals surface area contributed by atoms with Crippen molar-refractivity contribution < 1.29 is 28.6 Å². The minimum absolute atomic E-state index is 0.501. The third-order valence-corrected chi connectivity index (χ3v) is 4.30. The van der Waals surface area contributed by atoms with Crippen LogP contribution in [0.1, 0.15) is 66.2 Å². The van der Waals surface area contributed by atoms with Gasteiger partial charge >= 0.3 is 17.9 Å². The minimum atomic E-state index is -1.07. The molecule has 0 aromatic heterocycles. The minimum Gasteiger partial charge on any atom is -0.456 e. The van der Waals surface area contributed by atoms with Crippen LogP contribution >= 0.6 is 11.6 Å². The molecule has 0 N–H and O–H groups in total. The Bertz CT molecular complexity index is 694. The summed E-state index contributed by atoms with van der Waals surface area (Å²) in [5, 5.41) is -0.580. The van der Waals surface area contributed by atoms with Gasteiger partial charge in [-0.15, -0.1) is 11.6 Å². The summed E-state index contributed by atoms with van der Waals surface area (Å²) in [5.41, 5.74) is 0. The van der Waals surface area contributed by atoms with Crippen molar-refractivity contribution >= 4 is 29.5 Å². The molecule has 0 amide bonds. The van der Waals surface area contributed by atoms with Gasteiger partial charge in [-0.1, -0.05) is 45.6 Å². The first-order chi connectivity index (χ1) is 14.2. The van der Waals surface area contributed by atoms with Crippen LogP contribution in [0.3, 0.4) is 0 Å². The smallest absolute Gasteiger partial charge is 0.304 e. The molecule has 0 aliphatic heterocycles. The van der Waals surface area contributed by atoms with Gasteiger partial charge in [0.15, 0.2) is 12.2 Å². The molecule has 0 aromatic rings. The second kappa shape index (κ2) is 16.4. The third-order valence-electron chi connectivity index (χ3n) is 3.83. The fourth-order valence-corrected chi connectivity index (χ4v) is 2.85. The molecule has 0 heterocycles. The Balaban J connectivity index is 5.37. The topological polar surface area (TPSA) is 78.9 Å². The van der Waals surface area contributed by atoms with Crippen molar-refractivity contribution in [3.8, 4) is 23.7 Å². The zero-order chi connectivity index (χ0) is 22.9. The molecule has 0 saturated carbocycles. The van der Waals surface area contributed by atoms with Crippen LogP contribution in [-0.4, -0.2) is 41.6 Å². The van der Waals surface area contributed by atoms with Gasteiger partial charge in [0, 0.05) is 20.8 Å². The standard InChI is InChI=1S/C23H31ClO6/c1-6-8-9-10-11-15-21(24)23(30-19(5)27)22(29-18(4)26)16-13-12-14-20(7-2)28-17(3)25/h7,20-23H,2,6,8-11,15H2,1,3-5H3. The quantitative estimate of drug-likeness (QED) is 0.115. The lowest BCUT2D eigenvalue weighted by Crippen LogP contribution is -2.40. The summed E-state index contributed by atoms with van der Waals surface area (Å²) in [4.78, 5) is 34.1. The molecule has 0 aliphatic carbocycles. The first-order valence-corrected chi connectivity index (χ1v) is 10.4. The first kappa shape index (κ1) is 27.6. The van der Waals surface area contributed by atoms with E-state index in [1.165, 1.54) is 26.8 Å². The van der Waals surface area contributed by atoms with Gasteiger partial charge < -0.3 is 14.2 Å². The van der Waals surface area contributed by atoms with Gasteiger partial charge in [-0.2, -0.15) is 0 Å². The average Bonchev–Trinajstić information content (AvgIpc) is 2.66. The Morgan fingerprint density at radius 2 is 1.47 bits per heavy atom. The highest BCUT2D eigenvalue weighted by molar-refractivity contribution is 6.21. The molecule has 4 atom stereocenters. The molecular weight excluding hydrogens is 408 g/mol. The SMILES string of the molecule is C=CC(C#CC#CC(OC(C)=O)C(OC(C)=O)C(Cl)CCCCCCC)OC(C)=O. The fraction of sp³-hybridized carbons (Fsp3) is 0.609. The number of rotatable bonds is 12. The van der Waals surface area contributed by atoms with Gasteiger partial charge in [0.1, 0.15) is 0 Å². The maximum absolute atomic E-state index is 11.6. The number of halogens is 1. The van der Waals surface area contributed by atoms with E-state index in [0.29, 0.717) is 6.42 Å². The van der Waals surface area contributed by atoms with Gasteiger partial charge in [-0.3, -0.25) is 14.4 Å². The van der Waals surface area contributed by atoms with E-state index < -0.39 is 41.6 Å². The molecule has 4 unspecified atom stereocenters. The van der Waals surface area contributed by atoms with Crippen LogP contribution < -0.4 is 0 Å². The van der Waals surface area contributed by atoms with E-state index in [2.05, 4.69) is 37.2 Å². The first-order valence-electron chi connectivity index (χ1n) is 10.0. The summed E-state index contributed by atoms with van der Waals surface area (Å²) in [6.45, 7) is 9.40. The zero-order valence-corrected chi connectivity index (χ0v) is 18.9. The molecule has 0 saturated heterocycles. The van der Waals surface area contributed by atoms with Crippen molar-refractivity contribution in [1.82, 2.24) is 0 Å². The van der Waals surface area contributed by atoms with Crippen molar-refractivity contribution in [2.45, 2.75) is 89.9 Å². The highest BCUT2D eigenvalue weighted by atomic mass is 35.5. The highest BCUT2D eigenvalue weighted by Gasteiger charge is 2.32. The van der Waals surface area contributed by atoms with E-state index in [9.17, 15) is 14.4 Å². The summed E-state index contributed by atoms with van der Waals surface area (Å²) in [6.07, 6.45) is 4.38. The molecule has 0 fully saturated rings. The largest absolute Gasteiger partial charge is 0.456 e. The zero-order valence-electron chi connectivity index (χ0n) is 18.2. The van der Waals surface area contributed by atoms with Crippen molar-refractivity contribution in [3.05, 3.63) is 12.7 Å². The van der Waals surface area contributed by atoms with E-state index in [0.717, 1.165) is 32.1 Å². The second-order valence-electron chi connectivity index (χ2n) is 6.63. The number of alkyl halides is 1. The van der Waals surface area contributed by atoms with Crippen LogP contribution in [0.15, 0.2) is 12.7 Å². The van der Waals surface area contributed by atoms with Crippen LogP contribution in [0.5, 0.6) is 0 Å². The Labute approximate surface area is 184 Å². The predicted octanol–water partition coefficient (Wildman–Crippen LogP) is 3.94. The maximum Gasteiger partial charge on any atom is 0.304 e. The summed E-state index contributed by atoms with van der Waals surface area (Å²) in [7, 11) is 0. The van der Waals surface area contributed by atoms with Crippen LogP contribution in [0.4, 0.5) is 0 Å². The van der Waals surface area contributed by atoms with Crippen molar-refractivity contribution in [1.29, 1.82) is 0 Å². The number of unbranched alkanes of at least 4 members (excludes halogenated alkanes) is 4. The van der Waals surface area contributed by atoms with Crippen LogP contribution in [0.25, 0.3) is 0 Å². The number of hydrogen-bond donors (Lipinski definition) is 0. The summed E-state index contributed by atoms with van der Waals surface area (Å²) < 4.78 is 15.5. The molecule has 166 valence electrons. The van der Waals surface area contributed by atoms with E-state index in [1.807, 2.05) is 0 Å². The predicted molar refractivity (Wildman–Crippen MR) is 115 cm³/mol. The Morgan fingerprint density at radius 1 is 0.900 bits per heavy atom. The fourth-order valence-electron chi connectivity index (χ4n) is 2.51. The van der Waals surface area contributed by atoms with Crippen LogP contribution in [0, 0.1) is 23.7 Å². The normalized spacial score (nSPS) is 13.8. The Hall–Kier alpha value is -2.44. The molecule has 30 heavy (non-hydrogen) atoms. The number of ether oxygens (including phenoxy) is 3. The van der Waals surface area contributed by atoms with Gasteiger partial charge in [-0.05, 0) is 36.2 Å². The Kier molecular flexibility index (Phi) is 15.0. The number of hydrogen-bond acceptors (Lipinski definition) is 6. The lowest BCUT2D eigenvalue weighted by atomic mass is 10.0. The monoisotopic (exact) mass is 438 g/mol. The van der Waals surface area contributed by atoms with Gasteiger partial charge in [0.05, 0.1) is 5.38 Å². The number of esters is 3. The number of carbonyl (C=O) groups excluding carboxylic acids is 3. The molecule has 7 heteroatoms. The molecule has 0 bridgehead atoms. The van der Waals surface area contributed by atoms with Gasteiger partial charge in [0.25, 0.3) is 0 Å². The molecule has 6 nitrogen and oxygen atoms in total. The molecule has 0 aromatic carbocycles. The Morgan fingerprint density at radius 3 is 2.00 bits per heavy atom. The van der Waals surface area contributed by atoms with E-state index in [1.54, 1.807) is 0 Å². The molecule has 0 aliphatic rings. The van der Waals surface area contributed by atoms with Crippen LogP contribution in [0.2, 0.25) is 0 Å². The van der Waals surface area contributed by atoms with Crippen LogP contribution in [-0.2, 0) is 28.6 Å².